The molecule has 1 unspecified atom stereocenters. The molecule has 1 aromatic heterocycles. The smallest absolute Gasteiger partial charge is 0.252 e. The van der Waals surface area contributed by atoms with Crippen molar-refractivity contribution in [1.29, 1.82) is 5.26 Å². The van der Waals surface area contributed by atoms with Crippen LogP contribution in [0, 0.1) is 18.3 Å². The van der Waals surface area contributed by atoms with Crippen molar-refractivity contribution in [2.24, 2.45) is 5.73 Å². The second kappa shape index (κ2) is 6.25. The average Bonchev–Trinajstić information content (AvgIpc) is 2.72. The van der Waals surface area contributed by atoms with Gasteiger partial charge in [-0.3, -0.25) is 4.79 Å². The third-order valence-electron chi connectivity index (χ3n) is 5.45. The van der Waals surface area contributed by atoms with Crippen molar-refractivity contribution < 1.29 is 4.74 Å². The van der Waals surface area contributed by atoms with Gasteiger partial charge in [-0.05, 0) is 35.9 Å². The summed E-state index contributed by atoms with van der Waals surface area (Å²) in [4.78, 5) is 15.9. The van der Waals surface area contributed by atoms with Gasteiger partial charge in [0.2, 0.25) is 5.88 Å². The predicted octanol–water partition coefficient (Wildman–Crippen LogP) is 4.21. The lowest BCUT2D eigenvalue weighted by Crippen LogP contribution is -2.25. The molecule has 0 saturated carbocycles. The normalized spacial score (nSPS) is 15.8. The molecule has 29 heavy (non-hydrogen) atoms. The number of aryl methyl sites for hydroxylation is 1. The number of rotatable bonds is 1. The second-order valence-corrected chi connectivity index (χ2v) is 7.27. The van der Waals surface area contributed by atoms with E-state index in [-0.39, 0.29) is 17.0 Å². The summed E-state index contributed by atoms with van der Waals surface area (Å²) in [5, 5.41) is 12.6. The summed E-state index contributed by atoms with van der Waals surface area (Å²) in [5.41, 5.74) is 9.20. The molecule has 0 spiro atoms. The number of aromatic amines is 1. The van der Waals surface area contributed by atoms with Crippen molar-refractivity contribution in [3.05, 3.63) is 99.2 Å². The van der Waals surface area contributed by atoms with Gasteiger partial charge in [-0.25, -0.2) is 0 Å². The molecule has 5 heteroatoms. The molecular formula is C24H17N3O2. The van der Waals surface area contributed by atoms with Crippen LogP contribution in [0.5, 0.6) is 5.75 Å². The molecule has 1 atom stereocenters. The van der Waals surface area contributed by atoms with E-state index in [1.807, 2.05) is 67.6 Å². The van der Waals surface area contributed by atoms with Gasteiger partial charge in [0.15, 0.2) is 0 Å². The van der Waals surface area contributed by atoms with Crippen LogP contribution >= 0.6 is 0 Å². The summed E-state index contributed by atoms with van der Waals surface area (Å²) in [6.07, 6.45) is 0. The lowest BCUT2D eigenvalue weighted by atomic mass is 9.82. The number of nitrogens with two attached hydrogens (primary N) is 1. The van der Waals surface area contributed by atoms with Crippen LogP contribution in [0.3, 0.4) is 0 Å². The minimum atomic E-state index is -0.595. The van der Waals surface area contributed by atoms with Crippen LogP contribution in [0.2, 0.25) is 0 Å². The Kier molecular flexibility index (Phi) is 3.68. The van der Waals surface area contributed by atoms with E-state index in [0.29, 0.717) is 11.3 Å². The number of nitriles is 1. The van der Waals surface area contributed by atoms with E-state index in [4.69, 9.17) is 10.5 Å². The van der Waals surface area contributed by atoms with Gasteiger partial charge >= 0.3 is 0 Å². The van der Waals surface area contributed by atoms with Crippen LogP contribution in [0.25, 0.3) is 21.7 Å². The van der Waals surface area contributed by atoms with Gasteiger partial charge in [-0.15, -0.1) is 0 Å². The van der Waals surface area contributed by atoms with E-state index in [0.717, 1.165) is 32.8 Å². The Bertz CT molecular complexity index is 1440. The average molecular weight is 379 g/mol. The first-order valence-corrected chi connectivity index (χ1v) is 9.29. The maximum absolute atomic E-state index is 13.0. The fraction of sp³-hybridized carbons (Fsp3) is 0.0833. The van der Waals surface area contributed by atoms with Crippen LogP contribution in [0.1, 0.15) is 22.6 Å². The van der Waals surface area contributed by atoms with Gasteiger partial charge in [0.1, 0.15) is 17.4 Å². The predicted molar refractivity (Wildman–Crippen MR) is 113 cm³/mol. The molecule has 2 heterocycles. The highest BCUT2D eigenvalue weighted by atomic mass is 16.5. The van der Waals surface area contributed by atoms with Crippen LogP contribution in [-0.4, -0.2) is 4.98 Å². The van der Waals surface area contributed by atoms with Crippen LogP contribution in [0.4, 0.5) is 0 Å². The zero-order valence-corrected chi connectivity index (χ0v) is 15.7. The highest BCUT2D eigenvalue weighted by molar-refractivity contribution is 5.91. The first-order chi connectivity index (χ1) is 14.1. The maximum atomic E-state index is 13.0. The van der Waals surface area contributed by atoms with Crippen molar-refractivity contribution in [2.75, 3.05) is 0 Å². The highest BCUT2D eigenvalue weighted by Crippen LogP contribution is 2.44. The first-order valence-electron chi connectivity index (χ1n) is 9.29. The summed E-state index contributed by atoms with van der Waals surface area (Å²) in [6, 6.07) is 21.5. The number of allylic oxidation sites excluding steroid dienone is 1. The highest BCUT2D eigenvalue weighted by Gasteiger charge is 2.33. The summed E-state index contributed by atoms with van der Waals surface area (Å²) in [6.45, 7) is 2.00. The monoisotopic (exact) mass is 379 g/mol. The molecule has 5 nitrogen and oxygen atoms in total. The van der Waals surface area contributed by atoms with Gasteiger partial charge in [0.05, 0.1) is 5.92 Å². The van der Waals surface area contributed by atoms with Gasteiger partial charge in [-0.1, -0.05) is 48.0 Å². The molecule has 0 fully saturated rings. The molecule has 0 aliphatic carbocycles. The van der Waals surface area contributed by atoms with Gasteiger partial charge < -0.3 is 15.5 Å². The molecule has 140 valence electrons. The number of benzene rings is 3. The summed E-state index contributed by atoms with van der Waals surface area (Å²) in [7, 11) is 0. The number of ether oxygens (including phenoxy) is 1. The summed E-state index contributed by atoms with van der Waals surface area (Å²) < 4.78 is 5.87. The van der Waals surface area contributed by atoms with Crippen molar-refractivity contribution in [3.63, 3.8) is 0 Å². The number of H-pyrrole nitrogens is 1. The lowest BCUT2D eigenvalue weighted by Gasteiger charge is -2.27. The van der Waals surface area contributed by atoms with Gasteiger partial charge in [0.25, 0.3) is 5.56 Å². The maximum Gasteiger partial charge on any atom is 0.252 e. The molecule has 0 amide bonds. The molecule has 1 aliphatic rings. The lowest BCUT2D eigenvalue weighted by molar-refractivity contribution is 0.398. The Morgan fingerprint density at radius 2 is 1.86 bits per heavy atom. The number of nitrogens with one attached hydrogen (secondary N) is 1. The Morgan fingerprint density at radius 3 is 2.69 bits per heavy atom. The number of fused-ring (bicyclic) bond motifs is 4. The number of hydrogen-bond donors (Lipinski definition) is 2. The van der Waals surface area contributed by atoms with Crippen molar-refractivity contribution in [2.45, 2.75) is 12.8 Å². The molecular weight excluding hydrogens is 362 g/mol. The summed E-state index contributed by atoms with van der Waals surface area (Å²) >= 11 is 0. The molecule has 3 aromatic carbocycles. The number of nitrogens with zero attached hydrogens (tertiary/aromatic N) is 1. The topological polar surface area (TPSA) is 91.9 Å². The third-order valence-corrected chi connectivity index (χ3v) is 5.45. The van der Waals surface area contributed by atoms with E-state index in [1.165, 1.54) is 0 Å². The van der Waals surface area contributed by atoms with Crippen molar-refractivity contribution in [1.82, 2.24) is 4.98 Å². The van der Waals surface area contributed by atoms with Crippen molar-refractivity contribution in [3.8, 4) is 11.8 Å². The van der Waals surface area contributed by atoms with E-state index in [2.05, 4.69) is 11.1 Å². The Labute approximate surface area is 166 Å². The molecule has 3 N–H and O–H groups in total. The second-order valence-electron chi connectivity index (χ2n) is 7.27. The molecule has 0 bridgehead atoms. The van der Waals surface area contributed by atoms with Crippen LogP contribution in [-0.2, 0) is 0 Å². The first kappa shape index (κ1) is 17.1. The third kappa shape index (κ3) is 2.58. The molecule has 0 saturated heterocycles. The quantitative estimate of drug-likeness (QED) is 0.518. The van der Waals surface area contributed by atoms with Crippen LogP contribution < -0.4 is 16.0 Å². The van der Waals surface area contributed by atoms with Gasteiger partial charge in [-0.2, -0.15) is 5.26 Å². The fourth-order valence-electron chi connectivity index (χ4n) is 4.06. The summed E-state index contributed by atoms with van der Waals surface area (Å²) in [5.74, 6) is 0.0282. The van der Waals surface area contributed by atoms with Gasteiger partial charge in [0, 0.05) is 22.0 Å². The Hall–Kier alpha value is -4.04. The zero-order valence-electron chi connectivity index (χ0n) is 15.7. The molecule has 4 aromatic rings. The minimum absolute atomic E-state index is 0.0325. The van der Waals surface area contributed by atoms with E-state index in [9.17, 15) is 10.1 Å². The fourth-order valence-corrected chi connectivity index (χ4v) is 4.06. The van der Waals surface area contributed by atoms with Crippen molar-refractivity contribution >= 4 is 21.7 Å². The molecule has 5 rings (SSSR count). The molecule has 0 radical (unpaired) electrons. The van der Waals surface area contributed by atoms with E-state index < -0.39 is 5.92 Å². The number of aromatic nitrogens is 1. The standard InChI is InChI=1S/C24H17N3O2/c1-13-6-9-20-15(10-13)11-18(24(28)27-20)21-17-8-7-14-4-2-3-5-16(14)22(17)29-23(26)19(21)12-25/h2-11,21H,26H2,1H3,(H,27,28). The number of hydrogen-bond acceptors (Lipinski definition) is 4. The van der Waals surface area contributed by atoms with E-state index >= 15 is 0 Å². The molecule has 1 aliphatic heterocycles. The van der Waals surface area contributed by atoms with Crippen LogP contribution in [0.15, 0.2) is 76.9 Å². The minimum Gasteiger partial charge on any atom is -0.440 e. The Balaban J connectivity index is 1.84. The SMILES string of the molecule is Cc1ccc2[nH]c(=O)c(C3C(C#N)=C(N)Oc4c3ccc3ccccc43)cc2c1. The van der Waals surface area contributed by atoms with E-state index in [1.54, 1.807) is 0 Å². The zero-order chi connectivity index (χ0) is 20.1. The number of pyridine rings is 1. The largest absolute Gasteiger partial charge is 0.440 e. The Morgan fingerprint density at radius 1 is 1.03 bits per heavy atom.